The largest absolute Gasteiger partial charge is 0.323 e. The van der Waals surface area contributed by atoms with E-state index < -0.39 is 0 Å². The molecule has 26 heavy (non-hydrogen) atoms. The third-order valence-corrected chi connectivity index (χ3v) is 5.63. The normalized spacial score (nSPS) is 15.0. The quantitative estimate of drug-likeness (QED) is 0.534. The Bertz CT molecular complexity index is 1230. The van der Waals surface area contributed by atoms with Crippen molar-refractivity contribution in [3.8, 4) is 0 Å². The molecule has 0 spiro atoms. The molecular weight excluding hydrogens is 349 g/mol. The van der Waals surface area contributed by atoms with Crippen LogP contribution in [0.2, 0.25) is 0 Å². The summed E-state index contributed by atoms with van der Waals surface area (Å²) in [5.41, 5.74) is 8.29. The van der Waals surface area contributed by atoms with Crippen molar-refractivity contribution >= 4 is 34.0 Å². The van der Waals surface area contributed by atoms with Crippen LogP contribution < -0.4 is 5.69 Å². The highest BCUT2D eigenvalue weighted by molar-refractivity contribution is 7.11. The Morgan fingerprint density at radius 1 is 1.08 bits per heavy atom. The van der Waals surface area contributed by atoms with Crippen molar-refractivity contribution in [1.82, 2.24) is 15.0 Å². The highest BCUT2D eigenvalue weighted by Gasteiger charge is 2.21. The van der Waals surface area contributed by atoms with Gasteiger partial charge in [0, 0.05) is 5.57 Å². The molecule has 0 fully saturated rings. The zero-order valence-electron chi connectivity index (χ0n) is 13.7. The van der Waals surface area contributed by atoms with Crippen molar-refractivity contribution in [1.29, 1.82) is 0 Å². The maximum absolute atomic E-state index is 13.7. The Morgan fingerprint density at radius 3 is 2.88 bits per heavy atom. The van der Waals surface area contributed by atoms with Gasteiger partial charge in [0.05, 0.1) is 27.1 Å². The Kier molecular flexibility index (Phi) is 3.39. The van der Waals surface area contributed by atoms with E-state index in [1.165, 1.54) is 6.07 Å². The van der Waals surface area contributed by atoms with Gasteiger partial charge in [0.15, 0.2) is 0 Å². The molecule has 0 amide bonds. The van der Waals surface area contributed by atoms with Gasteiger partial charge >= 0.3 is 5.69 Å². The first kappa shape index (κ1) is 15.3. The van der Waals surface area contributed by atoms with E-state index >= 15 is 0 Å². The minimum Gasteiger partial charge on any atom is -0.306 e. The lowest BCUT2D eigenvalue weighted by Crippen LogP contribution is -1.99. The summed E-state index contributed by atoms with van der Waals surface area (Å²) >= 11 is 1.60. The van der Waals surface area contributed by atoms with E-state index in [0.29, 0.717) is 0 Å². The van der Waals surface area contributed by atoms with E-state index in [4.69, 9.17) is 0 Å². The molecule has 2 heterocycles. The van der Waals surface area contributed by atoms with Crippen molar-refractivity contribution in [2.45, 2.75) is 12.8 Å². The summed E-state index contributed by atoms with van der Waals surface area (Å²) in [5.74, 6) is -0.215. The number of imidazole rings is 1. The number of aryl methyl sites for hydroxylation is 2. The van der Waals surface area contributed by atoms with Crippen LogP contribution in [0, 0.1) is 5.82 Å². The molecule has 1 aliphatic rings. The Balaban J connectivity index is 1.74. The van der Waals surface area contributed by atoms with Gasteiger partial charge in [-0.2, -0.15) is 0 Å². The number of thiazole rings is 1. The first-order valence-electron chi connectivity index (χ1n) is 8.33. The van der Waals surface area contributed by atoms with E-state index in [0.717, 1.165) is 56.7 Å². The number of benzene rings is 2. The van der Waals surface area contributed by atoms with Gasteiger partial charge in [0.25, 0.3) is 0 Å². The van der Waals surface area contributed by atoms with Gasteiger partial charge in [-0.15, -0.1) is 11.3 Å². The predicted octanol–water partition coefficient (Wildman–Crippen LogP) is 4.14. The van der Waals surface area contributed by atoms with Crippen molar-refractivity contribution < 1.29 is 4.39 Å². The van der Waals surface area contributed by atoms with Crippen molar-refractivity contribution in [3.05, 3.63) is 85.5 Å². The van der Waals surface area contributed by atoms with Gasteiger partial charge in [0.1, 0.15) is 5.82 Å². The lowest BCUT2D eigenvalue weighted by Gasteiger charge is -2.10. The molecule has 2 N–H and O–H groups in total. The van der Waals surface area contributed by atoms with Crippen LogP contribution in [0.3, 0.4) is 0 Å². The van der Waals surface area contributed by atoms with Gasteiger partial charge in [-0.25, -0.2) is 14.2 Å². The van der Waals surface area contributed by atoms with Crippen molar-refractivity contribution in [3.63, 3.8) is 0 Å². The van der Waals surface area contributed by atoms with Crippen LogP contribution in [0.1, 0.15) is 27.3 Å². The maximum atomic E-state index is 13.7. The van der Waals surface area contributed by atoms with Gasteiger partial charge in [0.2, 0.25) is 0 Å². The standard InChI is InChI=1S/C20H14FN3OS/c21-13-3-4-14-12(9-13)2-6-17-19(26-10-22-17)15(14)7-11-1-5-16-18(8-11)24-20(25)23-16/h1,3-5,7-10H,2,6H2,(H2,23,24,25)/b15-7+. The fourth-order valence-electron chi connectivity index (χ4n) is 3.52. The minimum absolute atomic E-state index is 0.215. The zero-order chi connectivity index (χ0) is 17.7. The summed E-state index contributed by atoms with van der Waals surface area (Å²) in [5, 5.41) is 0. The predicted molar refractivity (Wildman–Crippen MR) is 102 cm³/mol. The topological polar surface area (TPSA) is 61.5 Å². The first-order valence-corrected chi connectivity index (χ1v) is 9.20. The number of fused-ring (bicyclic) bond motifs is 3. The van der Waals surface area contributed by atoms with Crippen LogP contribution >= 0.6 is 11.3 Å². The molecule has 0 bridgehead atoms. The molecule has 4 nitrogen and oxygen atoms in total. The fourth-order valence-corrected chi connectivity index (χ4v) is 4.40. The highest BCUT2D eigenvalue weighted by Crippen LogP contribution is 2.37. The van der Waals surface area contributed by atoms with Crippen molar-refractivity contribution in [2.75, 3.05) is 0 Å². The Morgan fingerprint density at radius 2 is 1.96 bits per heavy atom. The molecule has 5 rings (SSSR count). The SMILES string of the molecule is O=c1[nH]c2ccc(/C=C3\c4ccc(F)cc4CCc4ncsc43)cc2[nH]1. The smallest absolute Gasteiger partial charge is 0.306 e. The van der Waals surface area contributed by atoms with Crippen LogP contribution in [-0.4, -0.2) is 15.0 Å². The number of hydrogen-bond donors (Lipinski definition) is 2. The summed E-state index contributed by atoms with van der Waals surface area (Å²) in [6.45, 7) is 0. The molecule has 0 unspecified atom stereocenters. The molecule has 0 aliphatic heterocycles. The van der Waals surface area contributed by atoms with Crippen LogP contribution in [-0.2, 0) is 12.8 Å². The average molecular weight is 363 g/mol. The van der Waals surface area contributed by atoms with Gasteiger partial charge in [-0.05, 0) is 59.9 Å². The average Bonchev–Trinajstić information content (AvgIpc) is 3.20. The summed E-state index contributed by atoms with van der Waals surface area (Å²) in [6, 6.07) is 10.8. The molecule has 0 radical (unpaired) electrons. The number of hydrogen-bond acceptors (Lipinski definition) is 3. The van der Waals surface area contributed by atoms with E-state index in [1.54, 1.807) is 17.4 Å². The minimum atomic E-state index is -0.218. The number of halogens is 1. The van der Waals surface area contributed by atoms with Gasteiger partial charge in [-0.3, -0.25) is 0 Å². The lowest BCUT2D eigenvalue weighted by atomic mass is 9.97. The van der Waals surface area contributed by atoms with Crippen LogP contribution in [0.25, 0.3) is 22.7 Å². The summed E-state index contributed by atoms with van der Waals surface area (Å²) in [4.78, 5) is 22.7. The summed E-state index contributed by atoms with van der Waals surface area (Å²) in [6.07, 6.45) is 3.66. The molecule has 0 saturated carbocycles. The Labute approximate surface area is 152 Å². The monoisotopic (exact) mass is 363 g/mol. The first-order chi connectivity index (χ1) is 12.7. The van der Waals surface area contributed by atoms with E-state index in [2.05, 4.69) is 21.0 Å². The lowest BCUT2D eigenvalue weighted by molar-refractivity contribution is 0.625. The number of rotatable bonds is 1. The van der Waals surface area contributed by atoms with E-state index in [9.17, 15) is 9.18 Å². The second kappa shape index (κ2) is 5.78. The number of aromatic amines is 2. The molecule has 1 aliphatic carbocycles. The molecule has 0 saturated heterocycles. The third kappa shape index (κ3) is 2.50. The van der Waals surface area contributed by atoms with Gasteiger partial charge < -0.3 is 9.97 Å². The number of nitrogens with zero attached hydrogens (tertiary/aromatic N) is 1. The molecular formula is C20H14FN3OS. The maximum Gasteiger partial charge on any atom is 0.323 e. The van der Waals surface area contributed by atoms with Gasteiger partial charge in [-0.1, -0.05) is 12.1 Å². The number of H-pyrrole nitrogens is 2. The molecule has 4 aromatic rings. The van der Waals surface area contributed by atoms with E-state index in [-0.39, 0.29) is 11.5 Å². The summed E-state index contributed by atoms with van der Waals surface area (Å²) < 4.78 is 13.7. The fraction of sp³-hybridized carbons (Fsp3) is 0.100. The van der Waals surface area contributed by atoms with E-state index in [1.807, 2.05) is 29.8 Å². The molecule has 128 valence electrons. The van der Waals surface area contributed by atoms with Crippen molar-refractivity contribution in [2.24, 2.45) is 0 Å². The summed E-state index contributed by atoms with van der Waals surface area (Å²) in [7, 11) is 0. The molecule has 2 aromatic carbocycles. The van der Waals surface area contributed by atoms with Crippen LogP contribution in [0.15, 0.2) is 46.7 Å². The molecule has 6 heteroatoms. The number of nitrogens with one attached hydrogen (secondary N) is 2. The van der Waals surface area contributed by atoms with Crippen LogP contribution in [0.5, 0.6) is 0 Å². The third-order valence-electron chi connectivity index (χ3n) is 4.73. The molecule has 2 aromatic heterocycles. The number of aromatic nitrogens is 3. The highest BCUT2D eigenvalue weighted by atomic mass is 32.1. The second-order valence-corrected chi connectivity index (χ2v) is 7.23. The second-order valence-electron chi connectivity index (χ2n) is 6.37. The zero-order valence-corrected chi connectivity index (χ0v) is 14.5. The molecule has 0 atom stereocenters. The van der Waals surface area contributed by atoms with Crippen LogP contribution in [0.4, 0.5) is 4.39 Å². The Hall–Kier alpha value is -2.99.